The number of hydrogen-bond acceptors (Lipinski definition) is 2. The van der Waals surface area contributed by atoms with Gasteiger partial charge in [-0.2, -0.15) is 0 Å². The third kappa shape index (κ3) is 11.4. The van der Waals surface area contributed by atoms with E-state index in [1.54, 1.807) is 0 Å². The Morgan fingerprint density at radius 2 is 1.59 bits per heavy atom. The Morgan fingerprint density at radius 3 is 2.18 bits per heavy atom. The van der Waals surface area contributed by atoms with E-state index >= 15 is 0 Å². The Bertz CT molecular complexity index is 222. The molecule has 3 heteroatoms. The van der Waals surface area contributed by atoms with Crippen molar-refractivity contribution in [3.63, 3.8) is 0 Å². The van der Waals surface area contributed by atoms with E-state index in [0.717, 1.165) is 63.4 Å². The van der Waals surface area contributed by atoms with Gasteiger partial charge in [0, 0.05) is 12.7 Å². The SMILES string of the molecule is CCCC/C(=C\C(=O)O)CCCCCCCO. The molecule has 0 atom stereocenters. The highest BCUT2D eigenvalue weighted by molar-refractivity contribution is 5.80. The summed E-state index contributed by atoms with van der Waals surface area (Å²) in [6.07, 6.45) is 10.7. The van der Waals surface area contributed by atoms with Crippen molar-refractivity contribution in [2.75, 3.05) is 6.61 Å². The number of aliphatic hydroxyl groups is 1. The molecular formula is C14H26O3. The highest BCUT2D eigenvalue weighted by Crippen LogP contribution is 2.16. The van der Waals surface area contributed by atoms with Crippen molar-refractivity contribution in [2.45, 2.75) is 64.7 Å². The first-order chi connectivity index (χ1) is 8.20. The van der Waals surface area contributed by atoms with Gasteiger partial charge in [0.15, 0.2) is 0 Å². The Balaban J connectivity index is 3.72. The van der Waals surface area contributed by atoms with Crippen LogP contribution in [-0.2, 0) is 4.79 Å². The molecule has 0 aliphatic rings. The van der Waals surface area contributed by atoms with Crippen LogP contribution in [0.25, 0.3) is 0 Å². The first-order valence-corrected chi connectivity index (χ1v) is 6.74. The van der Waals surface area contributed by atoms with Crippen LogP contribution in [0.3, 0.4) is 0 Å². The van der Waals surface area contributed by atoms with Crippen LogP contribution in [0.5, 0.6) is 0 Å². The van der Waals surface area contributed by atoms with Gasteiger partial charge in [-0.05, 0) is 32.1 Å². The van der Waals surface area contributed by atoms with Crippen LogP contribution in [-0.4, -0.2) is 22.8 Å². The van der Waals surface area contributed by atoms with E-state index < -0.39 is 5.97 Å². The van der Waals surface area contributed by atoms with Gasteiger partial charge in [-0.1, -0.05) is 38.2 Å². The second-order valence-electron chi connectivity index (χ2n) is 4.49. The summed E-state index contributed by atoms with van der Waals surface area (Å²) in [4.78, 5) is 10.6. The molecule has 0 aromatic heterocycles. The van der Waals surface area contributed by atoms with Crippen molar-refractivity contribution in [3.05, 3.63) is 11.6 Å². The zero-order valence-electron chi connectivity index (χ0n) is 11.0. The van der Waals surface area contributed by atoms with Crippen molar-refractivity contribution < 1.29 is 15.0 Å². The minimum absolute atomic E-state index is 0.278. The largest absolute Gasteiger partial charge is 0.478 e. The summed E-state index contributed by atoms with van der Waals surface area (Å²) in [6.45, 7) is 2.40. The lowest BCUT2D eigenvalue weighted by molar-refractivity contribution is -0.131. The summed E-state index contributed by atoms with van der Waals surface area (Å²) < 4.78 is 0. The first-order valence-electron chi connectivity index (χ1n) is 6.74. The van der Waals surface area contributed by atoms with Gasteiger partial charge in [-0.15, -0.1) is 0 Å². The molecule has 0 bridgehead atoms. The highest BCUT2D eigenvalue weighted by atomic mass is 16.4. The summed E-state index contributed by atoms with van der Waals surface area (Å²) in [7, 11) is 0. The van der Waals surface area contributed by atoms with Crippen LogP contribution >= 0.6 is 0 Å². The lowest BCUT2D eigenvalue weighted by Gasteiger charge is -2.06. The molecule has 0 radical (unpaired) electrons. The van der Waals surface area contributed by atoms with E-state index in [-0.39, 0.29) is 6.61 Å². The molecule has 2 N–H and O–H groups in total. The zero-order valence-corrected chi connectivity index (χ0v) is 11.0. The zero-order chi connectivity index (χ0) is 12.9. The Morgan fingerprint density at radius 1 is 1.00 bits per heavy atom. The average Bonchev–Trinajstić information content (AvgIpc) is 2.29. The lowest BCUT2D eigenvalue weighted by atomic mass is 10.0. The van der Waals surface area contributed by atoms with Crippen molar-refractivity contribution in [2.24, 2.45) is 0 Å². The molecule has 3 nitrogen and oxygen atoms in total. The summed E-state index contributed by atoms with van der Waals surface area (Å²) in [5.41, 5.74) is 1.07. The monoisotopic (exact) mass is 242 g/mol. The molecule has 0 fully saturated rings. The molecule has 0 unspecified atom stereocenters. The number of carboxylic acids is 1. The van der Waals surface area contributed by atoms with Crippen LogP contribution in [0.15, 0.2) is 11.6 Å². The van der Waals surface area contributed by atoms with Crippen LogP contribution in [0, 0.1) is 0 Å². The van der Waals surface area contributed by atoms with E-state index in [1.807, 2.05) is 0 Å². The third-order valence-electron chi connectivity index (χ3n) is 2.84. The van der Waals surface area contributed by atoms with Crippen LogP contribution < -0.4 is 0 Å². The van der Waals surface area contributed by atoms with Gasteiger partial charge >= 0.3 is 5.97 Å². The predicted octanol–water partition coefficient (Wildman–Crippen LogP) is 3.52. The molecule has 0 aromatic rings. The van der Waals surface area contributed by atoms with Crippen molar-refractivity contribution in [1.29, 1.82) is 0 Å². The molecule has 17 heavy (non-hydrogen) atoms. The summed E-state index contributed by atoms with van der Waals surface area (Å²) in [6, 6.07) is 0. The van der Waals surface area contributed by atoms with Crippen LogP contribution in [0.1, 0.15) is 64.7 Å². The number of carboxylic acid groups (broad SMARTS) is 1. The van der Waals surface area contributed by atoms with Crippen LogP contribution in [0.4, 0.5) is 0 Å². The number of allylic oxidation sites excluding steroid dienone is 1. The van der Waals surface area contributed by atoms with E-state index in [9.17, 15) is 4.79 Å². The molecule has 0 aliphatic heterocycles. The Labute approximate surface area is 105 Å². The summed E-state index contributed by atoms with van der Waals surface area (Å²) >= 11 is 0. The maximum Gasteiger partial charge on any atom is 0.328 e. The topological polar surface area (TPSA) is 57.5 Å². The number of rotatable bonds is 11. The van der Waals surface area contributed by atoms with Gasteiger partial charge in [0.2, 0.25) is 0 Å². The fourth-order valence-electron chi connectivity index (χ4n) is 1.84. The molecule has 0 amide bonds. The molecule has 100 valence electrons. The van der Waals surface area contributed by atoms with Crippen molar-refractivity contribution in [3.8, 4) is 0 Å². The van der Waals surface area contributed by atoms with Gasteiger partial charge in [-0.3, -0.25) is 0 Å². The third-order valence-corrected chi connectivity index (χ3v) is 2.84. The molecule has 0 heterocycles. The maximum atomic E-state index is 10.6. The summed E-state index contributed by atoms with van der Waals surface area (Å²) in [5, 5.41) is 17.4. The van der Waals surface area contributed by atoms with Crippen molar-refractivity contribution in [1.82, 2.24) is 0 Å². The van der Waals surface area contributed by atoms with E-state index in [2.05, 4.69) is 6.92 Å². The molecule has 0 aliphatic carbocycles. The highest BCUT2D eigenvalue weighted by Gasteiger charge is 2.01. The molecule has 0 rings (SSSR count). The average molecular weight is 242 g/mol. The fraction of sp³-hybridized carbons (Fsp3) is 0.786. The number of aliphatic carboxylic acids is 1. The molecule has 0 aromatic carbocycles. The smallest absolute Gasteiger partial charge is 0.328 e. The van der Waals surface area contributed by atoms with Gasteiger partial charge in [0.1, 0.15) is 0 Å². The minimum atomic E-state index is -0.823. The molecule has 0 spiro atoms. The minimum Gasteiger partial charge on any atom is -0.478 e. The quantitative estimate of drug-likeness (QED) is 0.430. The second-order valence-corrected chi connectivity index (χ2v) is 4.49. The molecular weight excluding hydrogens is 216 g/mol. The Hall–Kier alpha value is -0.830. The number of aliphatic hydroxyl groups excluding tert-OH is 1. The van der Waals surface area contributed by atoms with E-state index in [1.165, 1.54) is 6.08 Å². The number of carbonyl (C=O) groups is 1. The standard InChI is InChI=1S/C14H26O3/c1-2-3-9-13(12-14(16)17)10-7-5-4-6-8-11-15/h12,15H,2-11H2,1H3,(H,16,17)/b13-12+. The van der Waals surface area contributed by atoms with E-state index in [4.69, 9.17) is 10.2 Å². The van der Waals surface area contributed by atoms with Crippen LogP contribution in [0.2, 0.25) is 0 Å². The van der Waals surface area contributed by atoms with Gasteiger partial charge in [0.05, 0.1) is 0 Å². The van der Waals surface area contributed by atoms with Gasteiger partial charge in [-0.25, -0.2) is 4.79 Å². The molecule has 0 saturated heterocycles. The number of hydrogen-bond donors (Lipinski definition) is 2. The maximum absolute atomic E-state index is 10.6. The van der Waals surface area contributed by atoms with Gasteiger partial charge < -0.3 is 10.2 Å². The fourth-order valence-corrected chi connectivity index (χ4v) is 1.84. The summed E-state index contributed by atoms with van der Waals surface area (Å²) in [5.74, 6) is -0.823. The number of unbranched alkanes of at least 4 members (excludes halogenated alkanes) is 5. The predicted molar refractivity (Wildman–Crippen MR) is 70.0 cm³/mol. The Kier molecular flexibility index (Phi) is 11.1. The van der Waals surface area contributed by atoms with E-state index in [0.29, 0.717) is 0 Å². The van der Waals surface area contributed by atoms with Gasteiger partial charge in [0.25, 0.3) is 0 Å². The second kappa shape index (κ2) is 11.6. The lowest BCUT2D eigenvalue weighted by Crippen LogP contribution is -1.94. The first kappa shape index (κ1) is 16.2. The normalized spacial score (nSPS) is 11.8. The molecule has 0 saturated carbocycles. The van der Waals surface area contributed by atoms with Crippen molar-refractivity contribution >= 4 is 5.97 Å².